The van der Waals surface area contributed by atoms with Crippen LogP contribution in [0.5, 0.6) is 0 Å². The molecule has 1 heterocycles. The summed E-state index contributed by atoms with van der Waals surface area (Å²) in [5, 5.41) is 0. The Balaban J connectivity index is 2.54. The second-order valence-electron chi connectivity index (χ2n) is 4.59. The first-order chi connectivity index (χ1) is 10.6. The Bertz CT molecular complexity index is 713. The van der Waals surface area contributed by atoms with Crippen LogP contribution in [0.25, 0.3) is 11.8 Å². The number of esters is 2. The van der Waals surface area contributed by atoms with Crippen LogP contribution in [0, 0.1) is 0 Å². The van der Waals surface area contributed by atoms with Gasteiger partial charge in [-0.05, 0) is 12.1 Å². The number of rotatable bonds is 4. The lowest BCUT2D eigenvalue weighted by atomic mass is 10.1. The minimum atomic E-state index is -0.736. The first-order valence-electron chi connectivity index (χ1n) is 6.57. The summed E-state index contributed by atoms with van der Waals surface area (Å²) in [5.74, 6) is -1.47. The van der Waals surface area contributed by atoms with Crippen molar-refractivity contribution in [3.8, 4) is 5.69 Å². The molecule has 0 atom stereocenters. The predicted octanol–water partition coefficient (Wildman–Crippen LogP) is 1.03. The van der Waals surface area contributed by atoms with Crippen molar-refractivity contribution in [2.75, 3.05) is 14.2 Å². The number of para-hydroxylation sites is 1. The zero-order chi connectivity index (χ0) is 16.1. The first-order valence-corrected chi connectivity index (χ1v) is 6.57. The molecule has 114 valence electrons. The van der Waals surface area contributed by atoms with Gasteiger partial charge in [0.15, 0.2) is 0 Å². The summed E-state index contributed by atoms with van der Waals surface area (Å²) < 4.78 is 13.1. The van der Waals surface area contributed by atoms with Crippen molar-refractivity contribution in [1.29, 1.82) is 0 Å². The number of aryl methyl sites for hydroxylation is 1. The van der Waals surface area contributed by atoms with E-state index in [0.29, 0.717) is 5.56 Å². The fourth-order valence-electron chi connectivity index (χ4n) is 2.01. The van der Waals surface area contributed by atoms with E-state index in [-0.39, 0.29) is 5.57 Å². The molecule has 6 heteroatoms. The summed E-state index contributed by atoms with van der Waals surface area (Å²) in [7, 11) is 4.34. The highest BCUT2D eigenvalue weighted by Gasteiger charge is 2.21. The molecule has 0 bridgehead atoms. The number of hydrogen-bond acceptors (Lipinski definition) is 4. The molecule has 0 aliphatic carbocycles. The quantitative estimate of drug-likeness (QED) is 0.278. The van der Waals surface area contributed by atoms with Gasteiger partial charge in [-0.15, -0.1) is 0 Å². The van der Waals surface area contributed by atoms with Crippen LogP contribution in [0.15, 0.2) is 48.6 Å². The lowest BCUT2D eigenvalue weighted by molar-refractivity contribution is -0.670. The number of aromatic nitrogens is 2. The number of nitrogens with zero attached hydrogens (tertiary/aromatic N) is 2. The average Bonchev–Trinajstić information content (AvgIpc) is 2.97. The van der Waals surface area contributed by atoms with Crippen LogP contribution in [-0.4, -0.2) is 30.7 Å². The van der Waals surface area contributed by atoms with E-state index in [0.717, 1.165) is 5.69 Å². The van der Waals surface area contributed by atoms with E-state index in [4.69, 9.17) is 0 Å². The number of methoxy groups -OCH3 is 2. The van der Waals surface area contributed by atoms with Crippen molar-refractivity contribution < 1.29 is 23.6 Å². The summed E-state index contributed by atoms with van der Waals surface area (Å²) >= 11 is 0. The lowest BCUT2D eigenvalue weighted by Crippen LogP contribution is -2.23. The Morgan fingerprint density at radius 1 is 1.14 bits per heavy atom. The highest BCUT2D eigenvalue weighted by atomic mass is 16.5. The molecule has 0 spiro atoms. The second-order valence-corrected chi connectivity index (χ2v) is 4.59. The van der Waals surface area contributed by atoms with E-state index in [1.165, 1.54) is 20.3 Å². The highest BCUT2D eigenvalue weighted by molar-refractivity contribution is 6.17. The molecule has 1 aromatic heterocycles. The van der Waals surface area contributed by atoms with Gasteiger partial charge in [0.25, 0.3) is 0 Å². The zero-order valence-electron chi connectivity index (χ0n) is 12.6. The molecule has 0 aliphatic heterocycles. The van der Waals surface area contributed by atoms with Crippen molar-refractivity contribution in [2.45, 2.75) is 0 Å². The van der Waals surface area contributed by atoms with Gasteiger partial charge >= 0.3 is 11.9 Å². The minimum absolute atomic E-state index is 0.158. The largest absolute Gasteiger partial charge is 0.465 e. The minimum Gasteiger partial charge on any atom is -0.465 e. The van der Waals surface area contributed by atoms with Gasteiger partial charge in [0.1, 0.15) is 23.7 Å². The van der Waals surface area contributed by atoms with Crippen LogP contribution in [0.1, 0.15) is 5.56 Å². The highest BCUT2D eigenvalue weighted by Crippen LogP contribution is 2.18. The van der Waals surface area contributed by atoms with Crippen LogP contribution in [0.3, 0.4) is 0 Å². The maximum Gasteiger partial charge on any atom is 0.345 e. The SMILES string of the molecule is COC(=O)C(=Cc1ccccc1-n1cc[n+](C)c1)C(=O)OC. The van der Waals surface area contributed by atoms with E-state index < -0.39 is 11.9 Å². The van der Waals surface area contributed by atoms with Gasteiger partial charge in [0.2, 0.25) is 6.33 Å². The number of imidazole rings is 1. The van der Waals surface area contributed by atoms with Gasteiger partial charge in [-0.1, -0.05) is 18.2 Å². The maximum absolute atomic E-state index is 11.8. The molecule has 2 rings (SSSR count). The number of benzene rings is 1. The zero-order valence-corrected chi connectivity index (χ0v) is 12.6. The molecule has 0 aliphatic rings. The van der Waals surface area contributed by atoms with E-state index in [1.807, 2.05) is 53.1 Å². The van der Waals surface area contributed by atoms with Crippen LogP contribution < -0.4 is 4.57 Å². The standard InChI is InChI=1S/C16H17N2O4/c1-17-8-9-18(11-17)14-7-5-4-6-12(14)10-13(15(19)21-2)16(20)22-3/h4-11H,1-3H3/q+1. The molecule has 1 aromatic carbocycles. The fraction of sp³-hybridized carbons (Fsp3) is 0.188. The van der Waals surface area contributed by atoms with Crippen molar-refractivity contribution in [2.24, 2.45) is 7.05 Å². The maximum atomic E-state index is 11.8. The average molecular weight is 301 g/mol. The molecule has 2 aromatic rings. The molecule has 0 saturated carbocycles. The van der Waals surface area contributed by atoms with E-state index in [2.05, 4.69) is 9.47 Å². The molecule has 0 radical (unpaired) electrons. The van der Waals surface area contributed by atoms with Gasteiger partial charge in [-0.3, -0.25) is 0 Å². The molecule has 22 heavy (non-hydrogen) atoms. The van der Waals surface area contributed by atoms with Gasteiger partial charge in [0, 0.05) is 5.56 Å². The Kier molecular flexibility index (Phi) is 4.73. The first kappa shape index (κ1) is 15.5. The monoisotopic (exact) mass is 301 g/mol. The number of ether oxygens (including phenoxy) is 2. The summed E-state index contributed by atoms with van der Waals surface area (Å²) in [6, 6.07) is 7.40. The summed E-state index contributed by atoms with van der Waals surface area (Å²) in [4.78, 5) is 23.5. The molecule has 6 nitrogen and oxygen atoms in total. The van der Waals surface area contributed by atoms with Crippen molar-refractivity contribution >= 4 is 18.0 Å². The van der Waals surface area contributed by atoms with Gasteiger partial charge in [-0.2, -0.15) is 0 Å². The van der Waals surface area contributed by atoms with Crippen LogP contribution >= 0.6 is 0 Å². The number of hydrogen-bond donors (Lipinski definition) is 0. The third-order valence-corrected chi connectivity index (χ3v) is 3.09. The van der Waals surface area contributed by atoms with E-state index in [9.17, 15) is 9.59 Å². The van der Waals surface area contributed by atoms with Crippen molar-refractivity contribution in [3.63, 3.8) is 0 Å². The Morgan fingerprint density at radius 2 is 1.77 bits per heavy atom. The van der Waals surface area contributed by atoms with Gasteiger partial charge in [-0.25, -0.2) is 18.7 Å². The third-order valence-electron chi connectivity index (χ3n) is 3.09. The normalized spacial score (nSPS) is 9.95. The summed E-state index contributed by atoms with van der Waals surface area (Å²) in [5.41, 5.74) is 1.37. The number of carbonyl (C=O) groups is 2. The van der Waals surface area contributed by atoms with Gasteiger partial charge < -0.3 is 9.47 Å². The molecular formula is C16H17N2O4+. The summed E-state index contributed by atoms with van der Waals surface area (Å²) in [6.07, 6.45) is 7.11. The molecule has 0 amide bonds. The smallest absolute Gasteiger partial charge is 0.345 e. The van der Waals surface area contributed by atoms with Crippen molar-refractivity contribution in [3.05, 3.63) is 54.1 Å². The van der Waals surface area contributed by atoms with Crippen molar-refractivity contribution in [1.82, 2.24) is 4.57 Å². The van der Waals surface area contributed by atoms with Crippen LogP contribution in [-0.2, 0) is 26.1 Å². The van der Waals surface area contributed by atoms with E-state index >= 15 is 0 Å². The Hall–Kier alpha value is -2.89. The van der Waals surface area contributed by atoms with Crippen LogP contribution in [0.2, 0.25) is 0 Å². The van der Waals surface area contributed by atoms with Gasteiger partial charge in [0.05, 0.1) is 21.3 Å². The molecule has 0 unspecified atom stereocenters. The Labute approximate surface area is 128 Å². The molecule has 0 saturated heterocycles. The summed E-state index contributed by atoms with van der Waals surface area (Å²) in [6.45, 7) is 0. The topological polar surface area (TPSA) is 61.4 Å². The fourth-order valence-corrected chi connectivity index (χ4v) is 2.01. The Morgan fingerprint density at radius 3 is 2.32 bits per heavy atom. The lowest BCUT2D eigenvalue weighted by Gasteiger charge is -2.05. The molecular weight excluding hydrogens is 284 g/mol. The third kappa shape index (κ3) is 3.22. The number of carbonyl (C=O) groups excluding carboxylic acids is 2. The van der Waals surface area contributed by atoms with Crippen LogP contribution in [0.4, 0.5) is 0 Å². The predicted molar refractivity (Wildman–Crippen MR) is 79.0 cm³/mol. The second kappa shape index (κ2) is 6.71. The van der Waals surface area contributed by atoms with E-state index in [1.54, 1.807) is 6.07 Å². The molecule has 0 N–H and O–H groups in total. The molecule has 0 fully saturated rings.